The number of rotatable bonds is 6. The third-order valence-corrected chi connectivity index (χ3v) is 4.32. The Morgan fingerprint density at radius 3 is 2.43 bits per heavy atom. The molecule has 3 atom stereocenters. The molecule has 3 N–H and O–H groups in total. The highest BCUT2D eigenvalue weighted by molar-refractivity contribution is 6.07. The molecule has 132 valence electrons. The fourth-order valence-corrected chi connectivity index (χ4v) is 2.47. The standard InChI is InChI=1S/C17H32N4O2/c1-7-13(18)17(23)21-9-15(22)20-16(14(21)8-10(2)3)19-12(6)11(4)5/h10-14H,7-9,18H2,1-6H3,(H,19,20,22)/t12-,13?,14+/m1/s1. The van der Waals surface area contributed by atoms with Crippen molar-refractivity contribution in [2.24, 2.45) is 22.6 Å². The van der Waals surface area contributed by atoms with Gasteiger partial charge in [-0.1, -0.05) is 34.6 Å². The molecule has 0 aromatic carbocycles. The quantitative estimate of drug-likeness (QED) is 0.777. The van der Waals surface area contributed by atoms with Gasteiger partial charge in [0.05, 0.1) is 18.1 Å². The van der Waals surface area contributed by atoms with E-state index in [9.17, 15) is 9.59 Å². The van der Waals surface area contributed by atoms with Crippen LogP contribution in [0, 0.1) is 11.8 Å². The second kappa shape index (κ2) is 8.43. The van der Waals surface area contributed by atoms with Crippen molar-refractivity contribution in [2.45, 2.75) is 72.5 Å². The lowest BCUT2D eigenvalue weighted by Crippen LogP contribution is -2.62. The fourth-order valence-electron chi connectivity index (χ4n) is 2.47. The first-order valence-electron chi connectivity index (χ1n) is 8.60. The van der Waals surface area contributed by atoms with Gasteiger partial charge in [0.2, 0.25) is 11.8 Å². The fraction of sp³-hybridized carbons (Fsp3) is 0.824. The minimum absolute atomic E-state index is 0.0546. The van der Waals surface area contributed by atoms with E-state index in [4.69, 9.17) is 5.73 Å². The highest BCUT2D eigenvalue weighted by Crippen LogP contribution is 2.19. The molecular weight excluding hydrogens is 292 g/mol. The molecule has 0 bridgehead atoms. The second-order valence-corrected chi connectivity index (χ2v) is 7.17. The predicted molar refractivity (Wildman–Crippen MR) is 93.1 cm³/mol. The third kappa shape index (κ3) is 5.30. The van der Waals surface area contributed by atoms with E-state index in [0.717, 1.165) is 6.42 Å². The normalized spacial score (nSPS) is 23.3. The molecule has 0 saturated carbocycles. The highest BCUT2D eigenvalue weighted by Gasteiger charge is 2.37. The lowest BCUT2D eigenvalue weighted by molar-refractivity contribution is -0.139. The van der Waals surface area contributed by atoms with Gasteiger partial charge in [0.25, 0.3) is 0 Å². The number of hydrogen-bond acceptors (Lipinski definition) is 4. The zero-order valence-corrected chi connectivity index (χ0v) is 15.3. The van der Waals surface area contributed by atoms with Crippen LogP contribution in [0.25, 0.3) is 0 Å². The molecule has 1 heterocycles. The molecule has 1 saturated heterocycles. The number of nitrogens with zero attached hydrogens (tertiary/aromatic N) is 2. The molecule has 0 aliphatic carbocycles. The van der Waals surface area contributed by atoms with E-state index in [1.54, 1.807) is 4.90 Å². The van der Waals surface area contributed by atoms with Crippen LogP contribution in [0.4, 0.5) is 0 Å². The number of aliphatic imine (C=N–C) groups is 1. The van der Waals surface area contributed by atoms with E-state index in [1.165, 1.54) is 0 Å². The Hall–Kier alpha value is -1.43. The summed E-state index contributed by atoms with van der Waals surface area (Å²) in [5.74, 6) is 0.979. The van der Waals surface area contributed by atoms with Crippen LogP contribution in [0.2, 0.25) is 0 Å². The van der Waals surface area contributed by atoms with Gasteiger partial charge in [-0.15, -0.1) is 0 Å². The van der Waals surface area contributed by atoms with Crippen LogP contribution in [0.5, 0.6) is 0 Å². The van der Waals surface area contributed by atoms with Crippen LogP contribution < -0.4 is 11.1 Å². The molecule has 6 nitrogen and oxygen atoms in total. The molecule has 2 amide bonds. The van der Waals surface area contributed by atoms with Crippen LogP contribution in [0.1, 0.15) is 54.4 Å². The molecule has 1 rings (SSSR count). The minimum Gasteiger partial charge on any atom is -0.322 e. The molecule has 0 radical (unpaired) electrons. The Bertz CT molecular complexity index is 460. The van der Waals surface area contributed by atoms with E-state index in [1.807, 2.05) is 13.8 Å². The lowest BCUT2D eigenvalue weighted by Gasteiger charge is -2.39. The maximum absolute atomic E-state index is 12.6. The van der Waals surface area contributed by atoms with E-state index >= 15 is 0 Å². The van der Waals surface area contributed by atoms with Crippen LogP contribution >= 0.6 is 0 Å². The smallest absolute Gasteiger partial charge is 0.244 e. The van der Waals surface area contributed by atoms with E-state index in [2.05, 4.69) is 38.0 Å². The summed E-state index contributed by atoms with van der Waals surface area (Å²) in [5.41, 5.74) is 5.92. The number of nitrogens with two attached hydrogens (primary N) is 1. The number of hydrogen-bond donors (Lipinski definition) is 2. The second-order valence-electron chi connectivity index (χ2n) is 7.17. The summed E-state index contributed by atoms with van der Waals surface area (Å²) in [5, 5.41) is 2.88. The maximum Gasteiger partial charge on any atom is 0.244 e. The molecule has 6 heteroatoms. The molecule has 1 aliphatic rings. The SMILES string of the molecule is CCC(N)C(=O)N1CC(=O)NC(=N[C@H](C)C(C)C)[C@@H]1CC(C)C. The summed E-state index contributed by atoms with van der Waals surface area (Å²) in [6.07, 6.45) is 1.31. The molecule has 1 fully saturated rings. The Balaban J connectivity index is 3.16. The van der Waals surface area contributed by atoms with E-state index in [-0.39, 0.29) is 30.4 Å². The summed E-state index contributed by atoms with van der Waals surface area (Å²) >= 11 is 0. The van der Waals surface area contributed by atoms with Crippen LogP contribution in [-0.4, -0.2) is 47.2 Å². The van der Waals surface area contributed by atoms with Crippen LogP contribution in [0.3, 0.4) is 0 Å². The third-order valence-electron chi connectivity index (χ3n) is 4.32. The van der Waals surface area contributed by atoms with Gasteiger partial charge < -0.3 is 16.0 Å². The summed E-state index contributed by atoms with van der Waals surface area (Å²) < 4.78 is 0. The van der Waals surface area contributed by atoms with Crippen molar-refractivity contribution in [1.82, 2.24) is 10.2 Å². The first kappa shape index (κ1) is 19.6. The first-order valence-corrected chi connectivity index (χ1v) is 8.60. The Kier molecular flexibility index (Phi) is 7.19. The molecule has 23 heavy (non-hydrogen) atoms. The number of amides is 2. The highest BCUT2D eigenvalue weighted by atomic mass is 16.2. The Morgan fingerprint density at radius 2 is 1.96 bits per heavy atom. The van der Waals surface area contributed by atoms with Crippen molar-refractivity contribution in [3.05, 3.63) is 0 Å². The molecule has 0 aromatic heterocycles. The van der Waals surface area contributed by atoms with Crippen molar-refractivity contribution < 1.29 is 9.59 Å². The zero-order chi connectivity index (χ0) is 17.7. The first-order chi connectivity index (χ1) is 10.7. The van der Waals surface area contributed by atoms with Gasteiger partial charge in [-0.05, 0) is 31.6 Å². The number of carbonyl (C=O) groups is 2. The number of amidine groups is 1. The van der Waals surface area contributed by atoms with Gasteiger partial charge in [0, 0.05) is 0 Å². The number of piperazine rings is 1. The largest absolute Gasteiger partial charge is 0.322 e. The monoisotopic (exact) mass is 324 g/mol. The van der Waals surface area contributed by atoms with Crippen molar-refractivity contribution in [3.63, 3.8) is 0 Å². The van der Waals surface area contributed by atoms with Gasteiger partial charge in [-0.2, -0.15) is 0 Å². The van der Waals surface area contributed by atoms with E-state index in [0.29, 0.717) is 24.1 Å². The average Bonchev–Trinajstić information content (AvgIpc) is 2.47. The van der Waals surface area contributed by atoms with E-state index < -0.39 is 6.04 Å². The zero-order valence-electron chi connectivity index (χ0n) is 15.3. The maximum atomic E-state index is 12.6. The molecular formula is C17H32N4O2. The van der Waals surface area contributed by atoms with Crippen LogP contribution in [0.15, 0.2) is 4.99 Å². The topological polar surface area (TPSA) is 87.8 Å². The Labute approximate surface area is 139 Å². The summed E-state index contributed by atoms with van der Waals surface area (Å²) in [7, 11) is 0. The molecule has 0 aromatic rings. The molecule has 1 unspecified atom stereocenters. The van der Waals surface area contributed by atoms with Gasteiger partial charge in [-0.25, -0.2) is 0 Å². The van der Waals surface area contributed by atoms with Crippen LogP contribution in [-0.2, 0) is 9.59 Å². The number of nitrogens with one attached hydrogen (secondary N) is 1. The van der Waals surface area contributed by atoms with Crippen molar-refractivity contribution in [1.29, 1.82) is 0 Å². The molecule has 0 spiro atoms. The van der Waals surface area contributed by atoms with Crippen molar-refractivity contribution in [2.75, 3.05) is 6.54 Å². The number of carbonyl (C=O) groups excluding carboxylic acids is 2. The Morgan fingerprint density at radius 1 is 1.35 bits per heavy atom. The summed E-state index contributed by atoms with van der Waals surface area (Å²) in [4.78, 5) is 31.0. The van der Waals surface area contributed by atoms with Crippen molar-refractivity contribution >= 4 is 17.6 Å². The summed E-state index contributed by atoms with van der Waals surface area (Å²) in [6.45, 7) is 12.3. The minimum atomic E-state index is -0.570. The average molecular weight is 324 g/mol. The summed E-state index contributed by atoms with van der Waals surface area (Å²) in [6, 6.07) is -0.701. The van der Waals surface area contributed by atoms with Gasteiger partial charge in [-0.3, -0.25) is 14.6 Å². The van der Waals surface area contributed by atoms with Gasteiger partial charge in [0.1, 0.15) is 12.4 Å². The van der Waals surface area contributed by atoms with Gasteiger partial charge >= 0.3 is 0 Å². The predicted octanol–water partition coefficient (Wildman–Crippen LogP) is 1.54. The molecule has 1 aliphatic heterocycles. The van der Waals surface area contributed by atoms with Gasteiger partial charge in [0.15, 0.2) is 0 Å². The van der Waals surface area contributed by atoms with Crippen molar-refractivity contribution in [3.8, 4) is 0 Å². The lowest BCUT2D eigenvalue weighted by atomic mass is 9.97.